The third-order valence-corrected chi connectivity index (χ3v) is 4.67. The number of pyridine rings is 1. The Morgan fingerprint density at radius 3 is 2.68 bits per heavy atom. The van der Waals surface area contributed by atoms with Gasteiger partial charge in [0.05, 0.1) is 18.1 Å². The van der Waals surface area contributed by atoms with Crippen molar-refractivity contribution in [2.75, 3.05) is 5.75 Å². The van der Waals surface area contributed by atoms with Crippen LogP contribution in [0.5, 0.6) is 0 Å². The average molecular weight is 344 g/mol. The van der Waals surface area contributed by atoms with Gasteiger partial charge in [0.1, 0.15) is 9.50 Å². The van der Waals surface area contributed by atoms with Crippen LogP contribution in [-0.2, 0) is 9.84 Å². The van der Waals surface area contributed by atoms with Gasteiger partial charge in [0.2, 0.25) is 0 Å². The number of aromatic nitrogens is 3. The molecule has 0 radical (unpaired) electrons. The summed E-state index contributed by atoms with van der Waals surface area (Å²) in [6, 6.07) is 2.79. The van der Waals surface area contributed by atoms with Gasteiger partial charge in [-0.3, -0.25) is 0 Å². The van der Waals surface area contributed by atoms with Crippen LogP contribution >= 0.6 is 15.9 Å². The highest BCUT2D eigenvalue weighted by molar-refractivity contribution is 9.10. The standard InChI is InChI=1S/C11H10BrN3O3S/c1-2-19(17,18)9-4-3-5-15(16)11(9)8-6-14-10(12)7-13-8/h3-7H,2H2,1H3. The van der Waals surface area contributed by atoms with E-state index in [1.54, 1.807) is 0 Å². The van der Waals surface area contributed by atoms with E-state index in [0.29, 0.717) is 9.33 Å². The fourth-order valence-electron chi connectivity index (χ4n) is 1.55. The molecule has 0 aromatic carbocycles. The molecule has 0 amide bonds. The lowest BCUT2D eigenvalue weighted by molar-refractivity contribution is -0.595. The van der Waals surface area contributed by atoms with Gasteiger partial charge >= 0.3 is 0 Å². The number of hydrogen-bond acceptors (Lipinski definition) is 5. The van der Waals surface area contributed by atoms with Crippen LogP contribution < -0.4 is 4.73 Å². The minimum absolute atomic E-state index is 0.00986. The van der Waals surface area contributed by atoms with Crippen LogP contribution in [-0.4, -0.2) is 24.1 Å². The summed E-state index contributed by atoms with van der Waals surface area (Å²) in [5.74, 6) is -0.0893. The summed E-state index contributed by atoms with van der Waals surface area (Å²) in [6.45, 7) is 1.52. The van der Waals surface area contributed by atoms with E-state index in [-0.39, 0.29) is 22.0 Å². The summed E-state index contributed by atoms with van der Waals surface area (Å²) in [5, 5.41) is 11.9. The Hall–Kier alpha value is -1.54. The van der Waals surface area contributed by atoms with Crippen molar-refractivity contribution in [1.29, 1.82) is 0 Å². The quantitative estimate of drug-likeness (QED) is 0.619. The average Bonchev–Trinajstić information content (AvgIpc) is 2.40. The van der Waals surface area contributed by atoms with Gasteiger partial charge in [-0.05, 0) is 22.0 Å². The summed E-state index contributed by atoms with van der Waals surface area (Å²) >= 11 is 3.13. The van der Waals surface area contributed by atoms with Crippen LogP contribution in [0.4, 0.5) is 0 Å². The second-order valence-corrected chi connectivity index (χ2v) is 6.73. The molecule has 0 saturated carbocycles. The molecule has 0 unspecified atom stereocenters. The SMILES string of the molecule is CCS(=O)(=O)c1ccc[n+]([O-])c1-c1cnc(Br)cn1. The van der Waals surface area contributed by atoms with Crippen molar-refractivity contribution in [3.05, 3.63) is 40.5 Å². The Balaban J connectivity index is 2.72. The van der Waals surface area contributed by atoms with Gasteiger partial charge in [-0.15, -0.1) is 0 Å². The second-order valence-electron chi connectivity index (χ2n) is 3.67. The van der Waals surface area contributed by atoms with Crippen molar-refractivity contribution < 1.29 is 13.1 Å². The normalized spacial score (nSPS) is 11.5. The molecule has 0 N–H and O–H groups in total. The monoisotopic (exact) mass is 343 g/mol. The summed E-state index contributed by atoms with van der Waals surface area (Å²) < 4.78 is 25.0. The van der Waals surface area contributed by atoms with E-state index < -0.39 is 9.84 Å². The molecule has 8 heteroatoms. The Morgan fingerprint density at radius 2 is 2.11 bits per heavy atom. The van der Waals surface area contributed by atoms with Crippen molar-refractivity contribution in [1.82, 2.24) is 9.97 Å². The summed E-state index contributed by atoms with van der Waals surface area (Å²) in [7, 11) is -3.51. The van der Waals surface area contributed by atoms with Crippen LogP contribution in [0.25, 0.3) is 11.4 Å². The molecule has 0 aliphatic rings. The van der Waals surface area contributed by atoms with Crippen LogP contribution in [0.1, 0.15) is 6.92 Å². The van der Waals surface area contributed by atoms with E-state index in [0.717, 1.165) is 0 Å². The molecule has 0 spiro atoms. The van der Waals surface area contributed by atoms with Gasteiger partial charge in [0.15, 0.2) is 21.7 Å². The number of rotatable bonds is 3. The molecule has 2 aromatic heterocycles. The fraction of sp³-hybridized carbons (Fsp3) is 0.182. The largest absolute Gasteiger partial charge is 0.618 e. The summed E-state index contributed by atoms with van der Waals surface area (Å²) in [4.78, 5) is 7.94. The topological polar surface area (TPSA) is 86.9 Å². The lowest BCUT2D eigenvalue weighted by Crippen LogP contribution is -2.31. The molecule has 0 bridgehead atoms. The first-order valence-corrected chi connectivity index (χ1v) is 7.83. The number of halogens is 1. The zero-order valence-electron chi connectivity index (χ0n) is 9.95. The Morgan fingerprint density at radius 1 is 1.37 bits per heavy atom. The smallest absolute Gasteiger partial charge is 0.262 e. The molecule has 0 fully saturated rings. The summed E-state index contributed by atoms with van der Waals surface area (Å²) in [5.41, 5.74) is 0.204. The minimum atomic E-state index is -3.51. The van der Waals surface area contributed by atoms with E-state index in [9.17, 15) is 13.6 Å². The van der Waals surface area contributed by atoms with Gasteiger partial charge in [0, 0.05) is 6.07 Å². The van der Waals surface area contributed by atoms with Crippen LogP contribution in [0.2, 0.25) is 0 Å². The maximum Gasteiger partial charge on any atom is 0.262 e. The predicted octanol–water partition coefficient (Wildman–Crippen LogP) is 1.33. The summed E-state index contributed by atoms with van der Waals surface area (Å²) in [6.07, 6.45) is 3.99. The molecule has 0 aliphatic heterocycles. The predicted molar refractivity (Wildman–Crippen MR) is 71.9 cm³/mol. The Bertz CT molecular complexity index is 702. The maximum absolute atomic E-state index is 12.0. The van der Waals surface area contributed by atoms with Crippen LogP contribution in [0, 0.1) is 5.21 Å². The molecule has 19 heavy (non-hydrogen) atoms. The first-order valence-electron chi connectivity index (χ1n) is 5.38. The van der Waals surface area contributed by atoms with Gasteiger partial charge in [-0.1, -0.05) is 6.92 Å². The molecule has 2 rings (SSSR count). The highest BCUT2D eigenvalue weighted by atomic mass is 79.9. The minimum Gasteiger partial charge on any atom is -0.618 e. The zero-order chi connectivity index (χ0) is 14.0. The van der Waals surface area contributed by atoms with Crippen molar-refractivity contribution in [3.8, 4) is 11.4 Å². The molecule has 6 nitrogen and oxygen atoms in total. The third-order valence-electron chi connectivity index (χ3n) is 2.50. The van der Waals surface area contributed by atoms with Crippen molar-refractivity contribution >= 4 is 25.8 Å². The molecular formula is C11H10BrN3O3S. The first-order chi connectivity index (χ1) is 8.95. The van der Waals surface area contributed by atoms with E-state index in [1.807, 2.05) is 0 Å². The van der Waals surface area contributed by atoms with E-state index in [4.69, 9.17) is 0 Å². The Labute approximate surface area is 118 Å². The van der Waals surface area contributed by atoms with Gasteiger partial charge < -0.3 is 5.21 Å². The van der Waals surface area contributed by atoms with Gasteiger partial charge in [0.25, 0.3) is 5.69 Å². The molecule has 100 valence electrons. The lowest BCUT2D eigenvalue weighted by atomic mass is 10.3. The maximum atomic E-state index is 12.0. The molecule has 0 saturated heterocycles. The van der Waals surface area contributed by atoms with Gasteiger partial charge in [-0.25, -0.2) is 18.4 Å². The molecular weight excluding hydrogens is 334 g/mol. The number of hydrogen-bond donors (Lipinski definition) is 0. The number of sulfone groups is 1. The van der Waals surface area contributed by atoms with E-state index in [1.165, 1.54) is 37.6 Å². The Kier molecular flexibility index (Phi) is 3.81. The highest BCUT2D eigenvalue weighted by Crippen LogP contribution is 2.22. The fourth-order valence-corrected chi connectivity index (χ4v) is 2.84. The zero-order valence-corrected chi connectivity index (χ0v) is 12.3. The van der Waals surface area contributed by atoms with E-state index >= 15 is 0 Å². The lowest BCUT2D eigenvalue weighted by Gasteiger charge is -2.08. The van der Waals surface area contributed by atoms with E-state index in [2.05, 4.69) is 25.9 Å². The third kappa shape index (κ3) is 2.74. The van der Waals surface area contributed by atoms with Crippen LogP contribution in [0.15, 0.2) is 40.2 Å². The van der Waals surface area contributed by atoms with Crippen molar-refractivity contribution in [2.45, 2.75) is 11.8 Å². The van der Waals surface area contributed by atoms with Gasteiger partial charge in [-0.2, -0.15) is 4.73 Å². The van der Waals surface area contributed by atoms with Crippen molar-refractivity contribution in [2.24, 2.45) is 0 Å². The second kappa shape index (κ2) is 5.22. The highest BCUT2D eigenvalue weighted by Gasteiger charge is 2.25. The first kappa shape index (κ1) is 13.9. The van der Waals surface area contributed by atoms with Crippen molar-refractivity contribution in [3.63, 3.8) is 0 Å². The molecule has 0 aliphatic carbocycles. The number of nitrogens with zero attached hydrogens (tertiary/aromatic N) is 3. The molecule has 2 heterocycles. The van der Waals surface area contributed by atoms with Crippen LogP contribution in [0.3, 0.4) is 0 Å². The molecule has 0 atom stereocenters. The molecule has 2 aromatic rings.